The molecule has 0 atom stereocenters. The molecule has 0 spiro atoms. The van der Waals surface area contributed by atoms with Gasteiger partial charge >= 0.3 is 16.5 Å². The molecule has 0 saturated carbocycles. The van der Waals surface area contributed by atoms with Gasteiger partial charge in [-0.25, -0.2) is 0 Å². The van der Waals surface area contributed by atoms with Crippen molar-refractivity contribution >= 4 is 0 Å². The zero-order chi connectivity index (χ0) is 9.00. The monoisotopic (exact) mass is 440 g/mol. The second kappa shape index (κ2) is 7.08. The number of halogens is 2. The van der Waals surface area contributed by atoms with Crippen LogP contribution in [0.2, 0.25) is 0 Å². The minimum Gasteiger partial charge on any atom is -0.286 e. The molecule has 11 heavy (non-hydrogen) atoms. The van der Waals surface area contributed by atoms with Crippen LogP contribution in [0.3, 0.4) is 0 Å². The molecule has 0 aliphatic heterocycles. The molecule has 0 heterocycles. The predicted octanol–water partition coefficient (Wildman–Crippen LogP) is -15.5. The average Bonchev–Trinajstić information content (AvgIpc) is 1.12. The van der Waals surface area contributed by atoms with Crippen LogP contribution in [0.4, 0.5) is 0 Å². The summed E-state index contributed by atoms with van der Waals surface area (Å²) in [5.41, 5.74) is 0. The maximum absolute atomic E-state index is 8.62. The van der Waals surface area contributed by atoms with Crippen molar-refractivity contribution in [1.82, 2.24) is 0 Å². The Kier molecular flexibility index (Phi) is 11.9. The van der Waals surface area contributed by atoms with Gasteiger partial charge in [0, 0.05) is 0 Å². The van der Waals surface area contributed by atoms with Crippen molar-refractivity contribution in [3.8, 4) is 0 Å². The summed E-state index contributed by atoms with van der Waals surface area (Å²) in [6.07, 6.45) is 0. The number of hydrogen-bond acceptors (Lipinski definition) is 8. The molecule has 0 unspecified atom stereocenters. The minimum atomic E-state index is -5.94. The fourth-order valence-corrected chi connectivity index (χ4v) is 0. The van der Waals surface area contributed by atoms with E-state index in [-0.39, 0.29) is 16.5 Å². The SMILES string of the molecule is [Ni+2].[O-][I+3]([O-])([O-])[O-].[O-][I+3]([O-])([O-])[O-]. The van der Waals surface area contributed by atoms with E-state index in [1.165, 1.54) is 0 Å². The summed E-state index contributed by atoms with van der Waals surface area (Å²) >= 11 is -11.9. The largest absolute Gasteiger partial charge is 2.00 e. The van der Waals surface area contributed by atoms with Crippen molar-refractivity contribution in [2.75, 3.05) is 0 Å². The van der Waals surface area contributed by atoms with E-state index in [4.69, 9.17) is 27.5 Å². The van der Waals surface area contributed by atoms with Crippen molar-refractivity contribution in [2.24, 2.45) is 0 Å². The van der Waals surface area contributed by atoms with Gasteiger partial charge in [-0.3, -0.25) is 27.5 Å². The zero-order valence-corrected chi connectivity index (χ0v) is 9.64. The van der Waals surface area contributed by atoms with Crippen LogP contribution >= 0.6 is 0 Å². The van der Waals surface area contributed by atoms with E-state index in [2.05, 4.69) is 0 Å². The van der Waals surface area contributed by atoms with E-state index in [1.54, 1.807) is 0 Å². The van der Waals surface area contributed by atoms with E-state index >= 15 is 0 Å². The number of hydrogen-bond donors (Lipinski definition) is 0. The van der Waals surface area contributed by atoms with Crippen LogP contribution in [-0.2, 0) is 16.5 Å². The van der Waals surface area contributed by atoms with Gasteiger partial charge in [0.25, 0.3) is 0 Å². The van der Waals surface area contributed by atoms with Gasteiger partial charge in [0.05, 0.1) is 0 Å². The average molecular weight is 440 g/mol. The summed E-state index contributed by atoms with van der Waals surface area (Å²) in [4.78, 5) is 0. The Morgan fingerprint density at radius 3 is 0.455 bits per heavy atom. The maximum atomic E-state index is 8.62. The molecule has 11 heteroatoms. The van der Waals surface area contributed by atoms with Gasteiger partial charge in [0.2, 0.25) is 0 Å². The molecule has 0 saturated heterocycles. The summed E-state index contributed by atoms with van der Waals surface area (Å²) < 4.78 is 68.9. The van der Waals surface area contributed by atoms with Crippen LogP contribution in [0, 0.1) is 0 Å². The summed E-state index contributed by atoms with van der Waals surface area (Å²) in [5.74, 6) is 0. The molecule has 0 aromatic carbocycles. The van der Waals surface area contributed by atoms with Crippen molar-refractivity contribution in [3.05, 3.63) is 0 Å². The van der Waals surface area contributed by atoms with E-state index in [1.807, 2.05) is 0 Å². The summed E-state index contributed by atoms with van der Waals surface area (Å²) in [6, 6.07) is 0. The third-order valence-electron chi connectivity index (χ3n) is 0. The maximum Gasteiger partial charge on any atom is 2.00 e. The van der Waals surface area contributed by atoms with Gasteiger partial charge in [-0.15, -0.1) is 0 Å². The van der Waals surface area contributed by atoms with Crippen molar-refractivity contribution < 1.29 is 84.2 Å². The Hall–Kier alpha value is 1.63. The molecule has 0 fully saturated rings. The smallest absolute Gasteiger partial charge is 0.286 e. The molecule has 0 aliphatic rings. The Morgan fingerprint density at radius 1 is 0.455 bits per heavy atom. The first-order valence-corrected chi connectivity index (χ1v) is 8.28. The van der Waals surface area contributed by atoms with Crippen molar-refractivity contribution in [2.45, 2.75) is 0 Å². The van der Waals surface area contributed by atoms with Crippen LogP contribution in [0.1, 0.15) is 0 Å². The van der Waals surface area contributed by atoms with E-state index in [0.717, 1.165) is 0 Å². The van der Waals surface area contributed by atoms with E-state index in [9.17, 15) is 0 Å². The quantitative estimate of drug-likeness (QED) is 0.262. The van der Waals surface area contributed by atoms with Crippen LogP contribution < -0.4 is 67.7 Å². The van der Waals surface area contributed by atoms with Crippen molar-refractivity contribution in [1.29, 1.82) is 0 Å². The van der Waals surface area contributed by atoms with Gasteiger partial charge in [0.15, 0.2) is 0 Å². The molecule has 72 valence electrons. The Balaban J connectivity index is -0.000000107. The van der Waals surface area contributed by atoms with Crippen LogP contribution in [0.5, 0.6) is 0 Å². The molecule has 0 amide bonds. The van der Waals surface area contributed by atoms with E-state index < -0.39 is 40.2 Å². The molecule has 0 bridgehead atoms. The van der Waals surface area contributed by atoms with Gasteiger partial charge in [-0.1, -0.05) is 0 Å². The molecule has 0 N–H and O–H groups in total. The first-order valence-electron chi connectivity index (χ1n) is 1.23. The second-order valence-corrected chi connectivity index (χ2v) is 5.07. The fraction of sp³-hybridized carbons (Fsp3) is 0. The Labute approximate surface area is 83.5 Å². The summed E-state index contributed by atoms with van der Waals surface area (Å²) in [6.45, 7) is 0. The Morgan fingerprint density at radius 2 is 0.455 bits per heavy atom. The molecular weight excluding hydrogens is 440 g/mol. The van der Waals surface area contributed by atoms with Crippen LogP contribution in [0.15, 0.2) is 0 Å². The molecule has 8 nitrogen and oxygen atoms in total. The first-order chi connectivity index (χ1) is 4.00. The molecule has 0 radical (unpaired) electrons. The minimum absolute atomic E-state index is 0. The zero-order valence-electron chi connectivity index (χ0n) is 4.34. The van der Waals surface area contributed by atoms with E-state index in [0.29, 0.717) is 0 Å². The molecule has 0 aromatic rings. The van der Waals surface area contributed by atoms with Gasteiger partial charge in [-0.05, 0) is 0 Å². The molecule has 0 aromatic heterocycles. The van der Waals surface area contributed by atoms with Gasteiger partial charge in [0.1, 0.15) is 40.2 Å². The molecular formula is I2NiO8. The second-order valence-electron chi connectivity index (χ2n) is 0.756. The third-order valence-corrected chi connectivity index (χ3v) is 0. The normalized spacial score (nSPS) is 10.9. The molecule has 0 aliphatic carbocycles. The van der Waals surface area contributed by atoms with Crippen LogP contribution in [0.25, 0.3) is 0 Å². The predicted molar refractivity (Wildman–Crippen MR) is 0 cm³/mol. The van der Waals surface area contributed by atoms with Gasteiger partial charge in [-0.2, -0.15) is 0 Å². The topological polar surface area (TPSA) is 184 Å². The first kappa shape index (κ1) is 18.4. The number of rotatable bonds is 0. The summed E-state index contributed by atoms with van der Waals surface area (Å²) in [7, 11) is 0. The summed E-state index contributed by atoms with van der Waals surface area (Å²) in [5, 5.41) is 0. The van der Waals surface area contributed by atoms with Crippen molar-refractivity contribution in [3.63, 3.8) is 0 Å². The fourth-order valence-electron chi connectivity index (χ4n) is 0. The third kappa shape index (κ3) is 405. The van der Waals surface area contributed by atoms with Gasteiger partial charge < -0.3 is 0 Å². The molecule has 0 rings (SSSR count). The standard InChI is InChI=1S/2IO4.Ni/c2*2-1(3,4)5;/q2*-1;+2. The Bertz CT molecular complexity index is 55.1. The van der Waals surface area contributed by atoms with Crippen LogP contribution in [-0.4, -0.2) is 0 Å².